The van der Waals surface area contributed by atoms with Crippen molar-refractivity contribution in [3.63, 3.8) is 0 Å². The van der Waals surface area contributed by atoms with Gasteiger partial charge in [0.25, 0.3) is 0 Å². The predicted molar refractivity (Wildman–Crippen MR) is 65.4 cm³/mol. The summed E-state index contributed by atoms with van der Waals surface area (Å²) >= 11 is 5.81. The van der Waals surface area contributed by atoms with Crippen LogP contribution < -0.4 is 4.74 Å². The van der Waals surface area contributed by atoms with Gasteiger partial charge in [-0.3, -0.25) is 0 Å². The molecule has 0 N–H and O–H groups in total. The number of hydrogen-bond donors (Lipinski definition) is 0. The lowest BCUT2D eigenvalue weighted by Crippen LogP contribution is -2.08. The summed E-state index contributed by atoms with van der Waals surface area (Å²) in [6.45, 7) is 0. The van der Waals surface area contributed by atoms with E-state index in [0.717, 1.165) is 6.07 Å². The predicted octanol–water partition coefficient (Wildman–Crippen LogP) is 4.56. The largest absolute Gasteiger partial charge is 0.437 e. The first-order chi connectivity index (χ1) is 9.82. The van der Waals surface area contributed by atoms with Crippen molar-refractivity contribution in [2.45, 2.75) is 6.18 Å². The van der Waals surface area contributed by atoms with Crippen molar-refractivity contribution >= 4 is 11.6 Å². The molecule has 2 aromatic rings. The minimum absolute atomic E-state index is 0.0554. The summed E-state index contributed by atoms with van der Waals surface area (Å²) in [5.74, 6) is -1.96. The Hall–Kier alpha value is -2.33. The first-order valence-electron chi connectivity index (χ1n) is 5.42. The normalized spacial score (nSPS) is 11.0. The number of benzene rings is 1. The fourth-order valence-corrected chi connectivity index (χ4v) is 1.67. The first-order valence-corrected chi connectivity index (χ1v) is 5.80. The molecule has 3 nitrogen and oxygen atoms in total. The number of nitrogens with zero attached hydrogens (tertiary/aromatic N) is 2. The van der Waals surface area contributed by atoms with Gasteiger partial charge >= 0.3 is 6.18 Å². The van der Waals surface area contributed by atoms with Gasteiger partial charge in [-0.1, -0.05) is 11.6 Å². The van der Waals surface area contributed by atoms with Crippen molar-refractivity contribution in [1.82, 2.24) is 4.98 Å². The van der Waals surface area contributed by atoms with E-state index in [2.05, 4.69) is 4.98 Å². The SMILES string of the molecule is N#Cc1ccnc(Oc2ccc(F)c(C(F)(F)F)c2)c1Cl. The van der Waals surface area contributed by atoms with Gasteiger partial charge in [0.15, 0.2) is 0 Å². The second-order valence-corrected chi connectivity index (χ2v) is 4.21. The molecule has 0 aliphatic heterocycles. The monoisotopic (exact) mass is 316 g/mol. The van der Waals surface area contributed by atoms with Crippen LogP contribution >= 0.6 is 11.6 Å². The van der Waals surface area contributed by atoms with E-state index in [0.29, 0.717) is 12.1 Å². The molecule has 0 saturated carbocycles. The first kappa shape index (κ1) is 15.1. The molecule has 0 aliphatic carbocycles. The highest BCUT2D eigenvalue weighted by molar-refractivity contribution is 6.33. The maximum absolute atomic E-state index is 13.1. The van der Waals surface area contributed by atoms with E-state index in [1.165, 1.54) is 12.3 Å². The van der Waals surface area contributed by atoms with E-state index in [9.17, 15) is 17.6 Å². The molecule has 0 amide bonds. The van der Waals surface area contributed by atoms with Crippen LogP contribution in [0, 0.1) is 17.1 Å². The summed E-state index contributed by atoms with van der Waals surface area (Å²) in [7, 11) is 0. The Morgan fingerprint density at radius 3 is 2.57 bits per heavy atom. The van der Waals surface area contributed by atoms with Gasteiger partial charge in [-0.2, -0.15) is 18.4 Å². The fourth-order valence-electron chi connectivity index (χ4n) is 1.48. The minimum atomic E-state index is -4.85. The third-order valence-electron chi connectivity index (χ3n) is 2.44. The molecule has 8 heteroatoms. The van der Waals surface area contributed by atoms with E-state index < -0.39 is 17.6 Å². The number of aromatic nitrogens is 1. The zero-order chi connectivity index (χ0) is 15.6. The summed E-state index contributed by atoms with van der Waals surface area (Å²) in [4.78, 5) is 3.72. The van der Waals surface area contributed by atoms with E-state index in [-0.39, 0.29) is 22.2 Å². The Morgan fingerprint density at radius 2 is 1.95 bits per heavy atom. The molecule has 0 fully saturated rings. The molecule has 21 heavy (non-hydrogen) atoms. The lowest BCUT2D eigenvalue weighted by molar-refractivity contribution is -0.140. The lowest BCUT2D eigenvalue weighted by atomic mass is 10.2. The van der Waals surface area contributed by atoms with E-state index in [4.69, 9.17) is 21.6 Å². The molecule has 0 atom stereocenters. The summed E-state index contributed by atoms with van der Waals surface area (Å²) in [6, 6.07) is 5.21. The number of ether oxygens (including phenoxy) is 1. The Balaban J connectivity index is 2.40. The Morgan fingerprint density at radius 1 is 1.24 bits per heavy atom. The fraction of sp³-hybridized carbons (Fsp3) is 0.0769. The van der Waals surface area contributed by atoms with E-state index >= 15 is 0 Å². The molecule has 0 aliphatic rings. The zero-order valence-electron chi connectivity index (χ0n) is 10.1. The molecule has 0 saturated heterocycles. The van der Waals surface area contributed by atoms with Crippen molar-refractivity contribution in [3.8, 4) is 17.7 Å². The summed E-state index contributed by atoms with van der Waals surface area (Å²) < 4.78 is 56.0. The molecule has 0 bridgehead atoms. The van der Waals surface area contributed by atoms with Gasteiger partial charge in [0, 0.05) is 6.20 Å². The highest BCUT2D eigenvalue weighted by Crippen LogP contribution is 2.36. The molecule has 0 radical (unpaired) electrons. The van der Waals surface area contributed by atoms with Crippen LogP contribution in [0.1, 0.15) is 11.1 Å². The molecule has 1 aromatic heterocycles. The Bertz CT molecular complexity index is 725. The second-order valence-electron chi connectivity index (χ2n) is 3.83. The molecule has 0 spiro atoms. The van der Waals surface area contributed by atoms with Crippen LogP contribution in [-0.4, -0.2) is 4.98 Å². The molecule has 2 rings (SSSR count). The number of halogens is 5. The maximum atomic E-state index is 13.1. The zero-order valence-corrected chi connectivity index (χ0v) is 10.8. The Labute approximate surface area is 121 Å². The van der Waals surface area contributed by atoms with E-state index in [1.54, 1.807) is 6.07 Å². The van der Waals surface area contributed by atoms with E-state index in [1.807, 2.05) is 0 Å². The number of rotatable bonds is 2. The average molecular weight is 317 g/mol. The molecular formula is C13H5ClF4N2O. The minimum Gasteiger partial charge on any atom is -0.437 e. The van der Waals surface area contributed by atoms with Crippen LogP contribution in [-0.2, 0) is 6.18 Å². The maximum Gasteiger partial charge on any atom is 0.419 e. The summed E-state index contributed by atoms with van der Waals surface area (Å²) in [5, 5.41) is 8.64. The van der Waals surface area contributed by atoms with Crippen LogP contribution in [0.2, 0.25) is 5.02 Å². The summed E-state index contributed by atoms with van der Waals surface area (Å²) in [6.07, 6.45) is -3.64. The Kier molecular flexibility index (Phi) is 4.00. The quantitative estimate of drug-likeness (QED) is 0.763. The third kappa shape index (κ3) is 3.23. The van der Waals surface area contributed by atoms with Crippen molar-refractivity contribution in [3.05, 3.63) is 52.4 Å². The number of alkyl halides is 3. The van der Waals surface area contributed by atoms with Crippen molar-refractivity contribution in [2.24, 2.45) is 0 Å². The topological polar surface area (TPSA) is 45.9 Å². The van der Waals surface area contributed by atoms with Crippen LogP contribution in [0.15, 0.2) is 30.5 Å². The van der Waals surface area contributed by atoms with Crippen LogP contribution in [0.5, 0.6) is 11.6 Å². The molecule has 1 aromatic carbocycles. The number of nitriles is 1. The van der Waals surface area contributed by atoms with Crippen molar-refractivity contribution in [2.75, 3.05) is 0 Å². The number of pyridine rings is 1. The van der Waals surface area contributed by atoms with Crippen LogP contribution in [0.25, 0.3) is 0 Å². The standard InChI is InChI=1S/C13H5ClF4N2O/c14-11-7(6-19)3-4-20-12(11)21-8-1-2-10(15)9(5-8)13(16,17)18/h1-5H. The van der Waals surface area contributed by atoms with Gasteiger partial charge in [0.1, 0.15) is 22.7 Å². The van der Waals surface area contributed by atoms with Crippen LogP contribution in [0.4, 0.5) is 17.6 Å². The second kappa shape index (κ2) is 5.58. The molecule has 0 unspecified atom stereocenters. The molecule has 108 valence electrons. The van der Waals surface area contributed by atoms with Gasteiger partial charge in [-0.15, -0.1) is 0 Å². The summed E-state index contributed by atoms with van der Waals surface area (Å²) in [5.41, 5.74) is -1.41. The van der Waals surface area contributed by atoms with Crippen molar-refractivity contribution in [1.29, 1.82) is 5.26 Å². The smallest absolute Gasteiger partial charge is 0.419 e. The van der Waals surface area contributed by atoms with Gasteiger partial charge in [0.05, 0.1) is 11.1 Å². The highest BCUT2D eigenvalue weighted by Gasteiger charge is 2.34. The van der Waals surface area contributed by atoms with Gasteiger partial charge in [0.2, 0.25) is 5.88 Å². The highest BCUT2D eigenvalue weighted by atomic mass is 35.5. The van der Waals surface area contributed by atoms with Gasteiger partial charge < -0.3 is 4.74 Å². The third-order valence-corrected chi connectivity index (χ3v) is 2.80. The number of hydrogen-bond acceptors (Lipinski definition) is 3. The lowest BCUT2D eigenvalue weighted by Gasteiger charge is -2.11. The van der Waals surface area contributed by atoms with Gasteiger partial charge in [-0.25, -0.2) is 9.37 Å². The van der Waals surface area contributed by atoms with Crippen molar-refractivity contribution < 1.29 is 22.3 Å². The molecular weight excluding hydrogens is 312 g/mol. The van der Waals surface area contributed by atoms with Gasteiger partial charge in [-0.05, 0) is 24.3 Å². The average Bonchev–Trinajstić information content (AvgIpc) is 2.42. The van der Waals surface area contributed by atoms with Crippen LogP contribution in [0.3, 0.4) is 0 Å². The molecule has 1 heterocycles.